The molecule has 1 aliphatic heterocycles. The molecule has 0 bridgehead atoms. The van der Waals surface area contributed by atoms with Gasteiger partial charge in [-0.15, -0.1) is 0 Å². The zero-order chi connectivity index (χ0) is 16.1. The van der Waals surface area contributed by atoms with Crippen molar-refractivity contribution in [2.45, 2.75) is 52.1 Å². The van der Waals surface area contributed by atoms with Gasteiger partial charge in [-0.3, -0.25) is 0 Å². The topological polar surface area (TPSA) is 29.5 Å². The van der Waals surface area contributed by atoms with Crippen LogP contribution < -0.4 is 4.74 Å². The third-order valence-electron chi connectivity index (χ3n) is 4.70. The summed E-state index contributed by atoms with van der Waals surface area (Å²) < 4.78 is 6.38. The highest BCUT2D eigenvalue weighted by atomic mass is 16.5. The lowest BCUT2D eigenvalue weighted by Crippen LogP contribution is -2.41. The van der Waals surface area contributed by atoms with Gasteiger partial charge in [0.15, 0.2) is 0 Å². The summed E-state index contributed by atoms with van der Waals surface area (Å²) in [5, 5.41) is 10.4. The zero-order valence-electron chi connectivity index (χ0n) is 14.0. The standard InChI is InChI=1S/C20H24O2/c1-13-6-8-15(17(21)10-13)20(5)12-19(3,4)16-9-7-14(2)11-18(16)22-20/h6-11,21H,12H2,1-5H3/t20-/m1/s1. The third kappa shape index (κ3) is 2.37. The van der Waals surface area contributed by atoms with Crippen LogP contribution in [0.1, 0.15) is 49.4 Å². The summed E-state index contributed by atoms with van der Waals surface area (Å²) in [4.78, 5) is 0. The highest BCUT2D eigenvalue weighted by Crippen LogP contribution is 2.50. The van der Waals surface area contributed by atoms with Crippen LogP contribution >= 0.6 is 0 Å². The van der Waals surface area contributed by atoms with E-state index >= 15 is 0 Å². The summed E-state index contributed by atoms with van der Waals surface area (Å²) in [5.74, 6) is 1.24. The number of aryl methyl sites for hydroxylation is 2. The number of hydrogen-bond donors (Lipinski definition) is 1. The first-order valence-corrected chi connectivity index (χ1v) is 7.82. The summed E-state index contributed by atoms with van der Waals surface area (Å²) >= 11 is 0. The molecule has 22 heavy (non-hydrogen) atoms. The summed E-state index contributed by atoms with van der Waals surface area (Å²) in [5.41, 5.74) is 3.80. The van der Waals surface area contributed by atoms with Crippen molar-refractivity contribution in [3.63, 3.8) is 0 Å². The van der Waals surface area contributed by atoms with E-state index in [0.717, 1.165) is 23.3 Å². The molecule has 0 aliphatic carbocycles. The van der Waals surface area contributed by atoms with E-state index in [1.807, 2.05) is 25.1 Å². The highest BCUT2D eigenvalue weighted by Gasteiger charge is 2.44. The molecule has 1 heterocycles. The molecule has 0 unspecified atom stereocenters. The maximum atomic E-state index is 10.4. The number of phenolic OH excluding ortho intramolecular Hbond substituents is 1. The van der Waals surface area contributed by atoms with Crippen LogP contribution in [0.2, 0.25) is 0 Å². The van der Waals surface area contributed by atoms with Crippen LogP contribution in [0.3, 0.4) is 0 Å². The number of fused-ring (bicyclic) bond motifs is 1. The summed E-state index contributed by atoms with van der Waals surface area (Å²) in [6.07, 6.45) is 0.826. The quantitative estimate of drug-likeness (QED) is 0.803. The van der Waals surface area contributed by atoms with Gasteiger partial charge in [-0.05, 0) is 55.0 Å². The lowest BCUT2D eigenvalue weighted by molar-refractivity contribution is 0.0304. The fourth-order valence-corrected chi connectivity index (χ4v) is 3.73. The number of benzene rings is 2. The first kappa shape index (κ1) is 15.0. The van der Waals surface area contributed by atoms with Crippen LogP contribution in [0.5, 0.6) is 11.5 Å². The van der Waals surface area contributed by atoms with Gasteiger partial charge in [-0.25, -0.2) is 0 Å². The van der Waals surface area contributed by atoms with E-state index in [1.165, 1.54) is 11.1 Å². The maximum absolute atomic E-state index is 10.4. The van der Waals surface area contributed by atoms with E-state index in [9.17, 15) is 5.11 Å². The fourth-order valence-electron chi connectivity index (χ4n) is 3.73. The van der Waals surface area contributed by atoms with Crippen molar-refractivity contribution in [3.05, 3.63) is 58.7 Å². The van der Waals surface area contributed by atoms with Crippen molar-refractivity contribution in [3.8, 4) is 11.5 Å². The van der Waals surface area contributed by atoms with Crippen molar-refractivity contribution in [2.75, 3.05) is 0 Å². The average molecular weight is 296 g/mol. The number of ether oxygens (including phenoxy) is 1. The van der Waals surface area contributed by atoms with Gasteiger partial charge in [0, 0.05) is 12.0 Å². The van der Waals surface area contributed by atoms with Gasteiger partial charge in [0.25, 0.3) is 0 Å². The van der Waals surface area contributed by atoms with Gasteiger partial charge in [0.05, 0.1) is 0 Å². The van der Waals surface area contributed by atoms with Gasteiger partial charge in [0.2, 0.25) is 0 Å². The lowest BCUT2D eigenvalue weighted by Gasteiger charge is -2.44. The summed E-state index contributed by atoms with van der Waals surface area (Å²) in [6.45, 7) is 10.6. The Labute approximate surface area is 132 Å². The van der Waals surface area contributed by atoms with Crippen LogP contribution in [0.25, 0.3) is 0 Å². The second-order valence-corrected chi connectivity index (χ2v) is 7.41. The van der Waals surface area contributed by atoms with E-state index in [1.54, 1.807) is 0 Å². The highest BCUT2D eigenvalue weighted by molar-refractivity contribution is 5.48. The minimum absolute atomic E-state index is 0.00659. The molecule has 2 aromatic carbocycles. The maximum Gasteiger partial charge on any atom is 0.136 e. The number of rotatable bonds is 1. The Hall–Kier alpha value is -1.96. The smallest absolute Gasteiger partial charge is 0.136 e. The van der Waals surface area contributed by atoms with E-state index in [0.29, 0.717) is 5.75 Å². The van der Waals surface area contributed by atoms with Crippen molar-refractivity contribution in [1.29, 1.82) is 0 Å². The molecule has 0 amide bonds. The third-order valence-corrected chi connectivity index (χ3v) is 4.70. The molecule has 0 aromatic heterocycles. The second-order valence-electron chi connectivity index (χ2n) is 7.41. The summed E-state index contributed by atoms with van der Waals surface area (Å²) in [6, 6.07) is 12.2. The molecule has 1 aliphatic rings. The van der Waals surface area contributed by atoms with Gasteiger partial charge >= 0.3 is 0 Å². The minimum atomic E-state index is -0.526. The molecule has 1 atom stereocenters. The predicted octanol–water partition coefficient (Wildman–Crippen LogP) is 4.98. The molecule has 2 aromatic rings. The Morgan fingerprint density at radius 2 is 1.50 bits per heavy atom. The average Bonchev–Trinajstić information content (AvgIpc) is 2.35. The monoisotopic (exact) mass is 296 g/mol. The van der Waals surface area contributed by atoms with E-state index in [2.05, 4.69) is 45.9 Å². The van der Waals surface area contributed by atoms with Crippen molar-refractivity contribution < 1.29 is 9.84 Å². The van der Waals surface area contributed by atoms with E-state index in [-0.39, 0.29) is 5.41 Å². The van der Waals surface area contributed by atoms with Gasteiger partial charge in [-0.2, -0.15) is 0 Å². The number of phenols is 1. The SMILES string of the molecule is Cc1ccc([C@@]2(C)CC(C)(C)c3ccc(C)cc3O2)c(O)c1. The molecule has 2 nitrogen and oxygen atoms in total. The molecular formula is C20H24O2. The normalized spacial score (nSPS) is 22.8. The lowest BCUT2D eigenvalue weighted by atomic mass is 9.71. The van der Waals surface area contributed by atoms with Crippen molar-refractivity contribution in [1.82, 2.24) is 0 Å². The van der Waals surface area contributed by atoms with Gasteiger partial charge in [0.1, 0.15) is 17.1 Å². The minimum Gasteiger partial charge on any atom is -0.508 e. The molecule has 0 spiro atoms. The molecule has 0 radical (unpaired) electrons. The molecule has 0 saturated carbocycles. The van der Waals surface area contributed by atoms with Crippen LogP contribution in [0.4, 0.5) is 0 Å². The van der Waals surface area contributed by atoms with Crippen molar-refractivity contribution in [2.24, 2.45) is 0 Å². The first-order valence-electron chi connectivity index (χ1n) is 7.82. The van der Waals surface area contributed by atoms with Gasteiger partial charge < -0.3 is 9.84 Å². The van der Waals surface area contributed by atoms with E-state index in [4.69, 9.17) is 4.74 Å². The molecule has 2 heteroatoms. The molecule has 1 N–H and O–H groups in total. The van der Waals surface area contributed by atoms with Crippen LogP contribution in [-0.2, 0) is 11.0 Å². The van der Waals surface area contributed by atoms with Gasteiger partial charge in [-0.1, -0.05) is 38.1 Å². The Kier molecular flexibility index (Phi) is 3.24. The zero-order valence-corrected chi connectivity index (χ0v) is 14.0. The second kappa shape index (κ2) is 4.77. The summed E-state index contributed by atoms with van der Waals surface area (Å²) in [7, 11) is 0. The van der Waals surface area contributed by atoms with Crippen LogP contribution in [-0.4, -0.2) is 5.11 Å². The Bertz CT molecular complexity index is 730. The first-order chi connectivity index (χ1) is 10.2. The molecular weight excluding hydrogens is 272 g/mol. The van der Waals surface area contributed by atoms with Crippen LogP contribution in [0.15, 0.2) is 36.4 Å². The Balaban J connectivity index is 2.13. The molecule has 3 rings (SSSR count). The predicted molar refractivity (Wildman–Crippen MR) is 89.6 cm³/mol. The van der Waals surface area contributed by atoms with E-state index < -0.39 is 5.60 Å². The molecule has 0 saturated heterocycles. The largest absolute Gasteiger partial charge is 0.508 e. The fraction of sp³-hybridized carbons (Fsp3) is 0.400. The Morgan fingerprint density at radius 1 is 0.909 bits per heavy atom. The Morgan fingerprint density at radius 3 is 2.14 bits per heavy atom. The number of aromatic hydroxyl groups is 1. The molecule has 116 valence electrons. The number of hydrogen-bond acceptors (Lipinski definition) is 2. The van der Waals surface area contributed by atoms with Crippen LogP contribution in [0, 0.1) is 13.8 Å². The molecule has 0 fully saturated rings. The van der Waals surface area contributed by atoms with Crippen molar-refractivity contribution >= 4 is 0 Å².